The first-order valence-corrected chi connectivity index (χ1v) is 8.24. The maximum atomic E-state index is 12.2. The van der Waals surface area contributed by atoms with Gasteiger partial charge in [-0.05, 0) is 25.0 Å². The molecule has 1 aromatic heterocycles. The second kappa shape index (κ2) is 6.24. The summed E-state index contributed by atoms with van der Waals surface area (Å²) < 4.78 is 0. The quantitative estimate of drug-likeness (QED) is 0.800. The van der Waals surface area contributed by atoms with Gasteiger partial charge < -0.3 is 15.2 Å². The van der Waals surface area contributed by atoms with Gasteiger partial charge in [0.05, 0.1) is 22.2 Å². The van der Waals surface area contributed by atoms with E-state index in [9.17, 15) is 15.0 Å². The minimum atomic E-state index is -1.00. The van der Waals surface area contributed by atoms with Gasteiger partial charge in [0.2, 0.25) is 0 Å². The number of aromatic nitrogens is 1. The molecule has 1 aromatic carbocycles. The van der Waals surface area contributed by atoms with Crippen LogP contribution in [0.4, 0.5) is 0 Å². The number of nitrogens with zero attached hydrogens (tertiary/aromatic N) is 1. The highest BCUT2D eigenvalue weighted by Gasteiger charge is 2.38. The van der Waals surface area contributed by atoms with Gasteiger partial charge in [0.1, 0.15) is 0 Å². The summed E-state index contributed by atoms with van der Waals surface area (Å²) in [5.41, 5.74) is 0.319. The number of hydrogen-bond donors (Lipinski definition) is 3. The number of nitrogens with one attached hydrogen (secondary N) is 1. The van der Waals surface area contributed by atoms with E-state index >= 15 is 0 Å². The molecule has 1 saturated heterocycles. The van der Waals surface area contributed by atoms with E-state index in [1.807, 2.05) is 11.8 Å². The zero-order valence-electron chi connectivity index (χ0n) is 13.1. The molecular weight excluding hydrogens is 316 g/mol. The number of likely N-dealkylation sites (tertiary alicyclic amines) is 1. The number of fused-ring (bicyclic) bond motifs is 1. The minimum absolute atomic E-state index is 0.0705. The number of hydrogen-bond acceptors (Lipinski definition) is 4. The number of halogens is 1. The Morgan fingerprint density at radius 2 is 2.26 bits per heavy atom. The number of aliphatic hydroxyl groups excluding tert-OH is 1. The molecule has 1 aliphatic heterocycles. The Hall–Kier alpha value is -1.40. The first-order chi connectivity index (χ1) is 10.9. The fourth-order valence-corrected chi connectivity index (χ4v) is 3.42. The third-order valence-corrected chi connectivity index (χ3v) is 5.10. The van der Waals surface area contributed by atoms with Crippen LogP contribution in [-0.2, 0) is 6.54 Å². The zero-order chi connectivity index (χ0) is 16.6. The number of aliphatic hydroxyl groups is 2. The molecule has 0 unspecified atom stereocenters. The Morgan fingerprint density at radius 1 is 1.48 bits per heavy atom. The molecule has 3 rings (SSSR count). The maximum absolute atomic E-state index is 12.2. The normalized spacial score (nSPS) is 25.8. The number of benzene rings is 1. The van der Waals surface area contributed by atoms with Gasteiger partial charge in [-0.25, -0.2) is 0 Å². The van der Waals surface area contributed by atoms with E-state index in [1.54, 1.807) is 24.3 Å². The van der Waals surface area contributed by atoms with Gasteiger partial charge in [0, 0.05) is 36.8 Å². The Balaban J connectivity index is 1.83. The fourth-order valence-electron chi connectivity index (χ4n) is 3.20. The summed E-state index contributed by atoms with van der Waals surface area (Å²) in [6.07, 6.45) is 0.269. The van der Waals surface area contributed by atoms with Crippen LogP contribution in [0.1, 0.15) is 25.5 Å². The van der Waals surface area contributed by atoms with Gasteiger partial charge in [0.25, 0.3) is 0 Å². The van der Waals surface area contributed by atoms with Crippen LogP contribution in [0.5, 0.6) is 0 Å². The molecule has 0 saturated carbocycles. The van der Waals surface area contributed by atoms with E-state index in [0.717, 1.165) is 5.69 Å². The Bertz CT molecular complexity index is 776. The molecule has 0 aliphatic carbocycles. The van der Waals surface area contributed by atoms with Crippen LogP contribution in [-0.4, -0.2) is 44.9 Å². The monoisotopic (exact) mass is 336 g/mol. The van der Waals surface area contributed by atoms with Crippen LogP contribution in [0, 0.1) is 0 Å². The van der Waals surface area contributed by atoms with Crippen molar-refractivity contribution >= 4 is 22.5 Å². The molecule has 5 nitrogen and oxygen atoms in total. The molecule has 2 aromatic rings. The number of pyridine rings is 1. The van der Waals surface area contributed by atoms with Gasteiger partial charge in [-0.1, -0.05) is 24.6 Å². The van der Waals surface area contributed by atoms with Crippen molar-refractivity contribution in [1.82, 2.24) is 9.88 Å². The average Bonchev–Trinajstić information content (AvgIpc) is 2.52. The molecule has 3 N–H and O–H groups in total. The largest absolute Gasteiger partial charge is 0.389 e. The standard InChI is InChI=1S/C17H21ClN2O3/c1-2-17(23)6-7-20(10-15(17)22)9-11-8-14(21)12-4-3-5-13(18)16(12)19-11/h3-5,8,15,22-23H,2,6-7,9-10H2,1H3,(H,19,21)/t15-,17-/m1/s1. The molecule has 0 bridgehead atoms. The lowest BCUT2D eigenvalue weighted by Gasteiger charge is -2.41. The SMILES string of the molecule is CC[C@@]1(O)CCN(Cc2cc(=O)c3cccc(Cl)c3[nH]2)C[C@H]1O. The lowest BCUT2D eigenvalue weighted by atomic mass is 9.86. The van der Waals surface area contributed by atoms with Crippen molar-refractivity contribution in [3.63, 3.8) is 0 Å². The first-order valence-electron chi connectivity index (χ1n) is 7.86. The Labute approximate surface area is 139 Å². The van der Waals surface area contributed by atoms with E-state index in [-0.39, 0.29) is 5.43 Å². The predicted octanol–water partition coefficient (Wildman–Crippen LogP) is 1.89. The fraction of sp³-hybridized carbons (Fsp3) is 0.471. The van der Waals surface area contributed by atoms with Crippen molar-refractivity contribution in [2.24, 2.45) is 0 Å². The number of β-amino-alcohol motifs (C(OH)–C–C–N with tert-alkyl or cyclic N) is 1. The molecule has 124 valence electrons. The summed E-state index contributed by atoms with van der Waals surface area (Å²) in [4.78, 5) is 17.5. The van der Waals surface area contributed by atoms with E-state index in [0.29, 0.717) is 48.4 Å². The Kier molecular flexibility index (Phi) is 4.47. The van der Waals surface area contributed by atoms with Gasteiger partial charge in [0.15, 0.2) is 5.43 Å². The van der Waals surface area contributed by atoms with E-state index in [4.69, 9.17) is 11.6 Å². The van der Waals surface area contributed by atoms with Crippen LogP contribution in [0.25, 0.3) is 10.9 Å². The van der Waals surface area contributed by atoms with Crippen molar-refractivity contribution in [3.05, 3.63) is 45.2 Å². The molecule has 2 heterocycles. The lowest BCUT2D eigenvalue weighted by Crippen LogP contribution is -2.54. The molecule has 0 radical (unpaired) electrons. The summed E-state index contributed by atoms with van der Waals surface area (Å²) in [5, 5.41) is 21.5. The van der Waals surface area contributed by atoms with Crippen molar-refractivity contribution in [2.75, 3.05) is 13.1 Å². The maximum Gasteiger partial charge on any atom is 0.189 e. The topological polar surface area (TPSA) is 76.6 Å². The number of para-hydroxylation sites is 1. The molecule has 23 heavy (non-hydrogen) atoms. The highest BCUT2D eigenvalue weighted by Crippen LogP contribution is 2.27. The first kappa shape index (κ1) is 16.5. The zero-order valence-corrected chi connectivity index (χ0v) is 13.8. The van der Waals surface area contributed by atoms with Crippen LogP contribution in [0.2, 0.25) is 5.02 Å². The summed E-state index contributed by atoms with van der Waals surface area (Å²) in [6.45, 7) is 3.44. The van der Waals surface area contributed by atoms with Gasteiger partial charge in [-0.2, -0.15) is 0 Å². The van der Waals surface area contributed by atoms with Crippen molar-refractivity contribution in [2.45, 2.75) is 38.0 Å². The van der Waals surface area contributed by atoms with Crippen molar-refractivity contribution in [3.8, 4) is 0 Å². The number of H-pyrrole nitrogens is 1. The van der Waals surface area contributed by atoms with Crippen LogP contribution >= 0.6 is 11.6 Å². The van der Waals surface area contributed by atoms with E-state index in [2.05, 4.69) is 4.98 Å². The minimum Gasteiger partial charge on any atom is -0.389 e. The highest BCUT2D eigenvalue weighted by molar-refractivity contribution is 6.35. The van der Waals surface area contributed by atoms with Crippen molar-refractivity contribution < 1.29 is 10.2 Å². The summed E-state index contributed by atoms with van der Waals surface area (Å²) in [6, 6.07) is 6.82. The van der Waals surface area contributed by atoms with Crippen molar-refractivity contribution in [1.29, 1.82) is 0 Å². The van der Waals surface area contributed by atoms with Crippen LogP contribution in [0.15, 0.2) is 29.1 Å². The molecule has 0 amide bonds. The number of piperidine rings is 1. The summed E-state index contributed by atoms with van der Waals surface area (Å²) in [7, 11) is 0. The van der Waals surface area contributed by atoms with Gasteiger partial charge in [-0.3, -0.25) is 9.69 Å². The van der Waals surface area contributed by atoms with Crippen LogP contribution in [0.3, 0.4) is 0 Å². The molecule has 6 heteroatoms. The highest BCUT2D eigenvalue weighted by atomic mass is 35.5. The number of aromatic amines is 1. The van der Waals surface area contributed by atoms with E-state index in [1.165, 1.54) is 0 Å². The number of rotatable bonds is 3. The third kappa shape index (κ3) is 3.15. The molecule has 0 spiro atoms. The van der Waals surface area contributed by atoms with Gasteiger partial charge in [-0.15, -0.1) is 0 Å². The lowest BCUT2D eigenvalue weighted by molar-refractivity contribution is -0.122. The third-order valence-electron chi connectivity index (χ3n) is 4.79. The molecule has 2 atom stereocenters. The molecular formula is C17H21ClN2O3. The van der Waals surface area contributed by atoms with E-state index < -0.39 is 11.7 Å². The second-order valence-corrected chi connectivity index (χ2v) is 6.69. The summed E-state index contributed by atoms with van der Waals surface area (Å²) in [5.74, 6) is 0. The molecule has 1 fully saturated rings. The summed E-state index contributed by atoms with van der Waals surface area (Å²) >= 11 is 6.17. The molecule has 1 aliphatic rings. The average molecular weight is 337 g/mol. The smallest absolute Gasteiger partial charge is 0.189 e. The second-order valence-electron chi connectivity index (χ2n) is 6.28. The van der Waals surface area contributed by atoms with Gasteiger partial charge >= 0.3 is 0 Å². The Morgan fingerprint density at radius 3 is 2.96 bits per heavy atom. The predicted molar refractivity (Wildman–Crippen MR) is 90.7 cm³/mol. The van der Waals surface area contributed by atoms with Crippen LogP contribution < -0.4 is 5.43 Å².